The molecule has 2 atom stereocenters. The average Bonchev–Trinajstić information content (AvgIpc) is 3.42. The molecule has 0 aromatic heterocycles. The minimum absolute atomic E-state index is 0.0139. The van der Waals surface area contributed by atoms with Gasteiger partial charge in [-0.3, -0.25) is 0 Å². The second-order valence-corrected chi connectivity index (χ2v) is 10.9. The Bertz CT molecular complexity index is 1010. The summed E-state index contributed by atoms with van der Waals surface area (Å²) in [6, 6.07) is 13.6. The summed E-state index contributed by atoms with van der Waals surface area (Å²) in [5.41, 5.74) is 2.03. The Morgan fingerprint density at radius 1 is 0.857 bits per heavy atom. The van der Waals surface area contributed by atoms with Gasteiger partial charge in [0.05, 0.1) is 9.79 Å². The van der Waals surface area contributed by atoms with Crippen LogP contribution in [0.15, 0.2) is 58.3 Å². The molecule has 2 aromatic carbocycles. The second kappa shape index (κ2) is 8.32. The van der Waals surface area contributed by atoms with Gasteiger partial charge in [-0.05, 0) is 51.0 Å². The summed E-state index contributed by atoms with van der Waals surface area (Å²) < 4.78 is 53.7. The van der Waals surface area contributed by atoms with Crippen molar-refractivity contribution in [1.29, 1.82) is 0 Å². The van der Waals surface area contributed by atoms with Gasteiger partial charge in [0.25, 0.3) is 0 Å². The van der Waals surface area contributed by atoms with Gasteiger partial charge in [0.15, 0.2) is 0 Å². The van der Waals surface area contributed by atoms with E-state index in [1.807, 2.05) is 13.8 Å². The zero-order valence-electron chi connectivity index (χ0n) is 16.1. The van der Waals surface area contributed by atoms with Crippen LogP contribution in [0.2, 0.25) is 0 Å². The first kappa shape index (κ1) is 21.0. The fourth-order valence-corrected chi connectivity index (χ4v) is 5.74. The van der Waals surface area contributed by atoms with Crippen molar-refractivity contribution in [3.8, 4) is 0 Å². The van der Waals surface area contributed by atoms with Crippen LogP contribution in [-0.4, -0.2) is 40.3 Å². The highest BCUT2D eigenvalue weighted by molar-refractivity contribution is 7.89. The van der Waals surface area contributed by atoms with E-state index in [0.717, 1.165) is 24.0 Å². The Hall–Kier alpha value is -1.74. The predicted octanol–water partition coefficient (Wildman–Crippen LogP) is 2.83. The van der Waals surface area contributed by atoms with Gasteiger partial charge in [0.2, 0.25) is 20.0 Å². The number of nitrogens with one attached hydrogen (secondary N) is 1. The van der Waals surface area contributed by atoms with E-state index in [1.165, 1.54) is 4.31 Å². The molecule has 8 heteroatoms. The number of rotatable bonds is 9. The molecule has 0 aliphatic carbocycles. The van der Waals surface area contributed by atoms with Gasteiger partial charge in [-0.15, -0.1) is 0 Å². The summed E-state index contributed by atoms with van der Waals surface area (Å²) in [5.74, 6) is 0. The summed E-state index contributed by atoms with van der Waals surface area (Å²) in [6.45, 7) is 4.70. The van der Waals surface area contributed by atoms with E-state index in [0.29, 0.717) is 24.4 Å². The van der Waals surface area contributed by atoms with E-state index in [1.54, 1.807) is 48.5 Å². The lowest BCUT2D eigenvalue weighted by atomic mass is 10.2. The van der Waals surface area contributed by atoms with Crippen molar-refractivity contribution in [1.82, 2.24) is 9.03 Å². The molecule has 2 unspecified atom stereocenters. The lowest BCUT2D eigenvalue weighted by Gasteiger charge is -2.08. The van der Waals surface area contributed by atoms with E-state index < -0.39 is 20.0 Å². The molecule has 0 amide bonds. The molecule has 152 valence electrons. The van der Waals surface area contributed by atoms with Crippen LogP contribution in [0.5, 0.6) is 0 Å². The Labute approximate surface area is 167 Å². The lowest BCUT2D eigenvalue weighted by molar-refractivity contribution is 0.539. The Morgan fingerprint density at radius 2 is 1.39 bits per heavy atom. The molecule has 1 heterocycles. The van der Waals surface area contributed by atoms with Crippen molar-refractivity contribution in [2.45, 2.75) is 48.9 Å². The molecule has 0 radical (unpaired) electrons. The summed E-state index contributed by atoms with van der Waals surface area (Å²) in [4.78, 5) is 0.585. The molecule has 0 saturated carbocycles. The highest BCUT2D eigenvalue weighted by Gasteiger charge is 2.43. The number of nitrogens with zero attached hydrogens (tertiary/aromatic N) is 1. The lowest BCUT2D eigenvalue weighted by Crippen LogP contribution is -2.24. The standard InChI is InChI=1S/C20H26N2O4S2/c1-16-6-10-19(11-7-16)27(23,24)21-14-4-3-5-18-15-22(18)28(25,26)20-12-8-17(2)9-13-20/h6-13,18,21H,3-5,14-15H2,1-2H3. The van der Waals surface area contributed by atoms with Crippen molar-refractivity contribution in [2.75, 3.05) is 13.1 Å². The summed E-state index contributed by atoms with van der Waals surface area (Å²) in [5, 5.41) is 0. The van der Waals surface area contributed by atoms with Gasteiger partial charge < -0.3 is 0 Å². The maximum Gasteiger partial charge on any atom is 0.243 e. The topological polar surface area (TPSA) is 83.3 Å². The van der Waals surface area contributed by atoms with Crippen LogP contribution in [0.3, 0.4) is 0 Å². The normalized spacial score (nSPS) is 19.5. The summed E-state index contributed by atoms with van der Waals surface area (Å²) in [6.07, 6.45) is 2.17. The molecule has 6 nitrogen and oxygen atoms in total. The third kappa shape index (κ3) is 5.00. The van der Waals surface area contributed by atoms with Crippen LogP contribution in [0, 0.1) is 13.8 Å². The molecular formula is C20H26N2O4S2. The number of sulfonamides is 2. The van der Waals surface area contributed by atoms with Gasteiger partial charge in [-0.1, -0.05) is 41.8 Å². The number of benzene rings is 2. The highest BCUT2D eigenvalue weighted by Crippen LogP contribution is 2.31. The number of hydrogen-bond acceptors (Lipinski definition) is 4. The molecule has 1 aliphatic heterocycles. The first-order valence-corrected chi connectivity index (χ1v) is 12.3. The van der Waals surface area contributed by atoms with E-state index in [4.69, 9.17) is 0 Å². The fourth-order valence-electron chi connectivity index (χ4n) is 3.05. The first-order chi connectivity index (χ1) is 13.2. The number of unbranched alkanes of at least 4 members (excludes halogenated alkanes) is 1. The van der Waals surface area contributed by atoms with Gasteiger partial charge in [0.1, 0.15) is 0 Å². The van der Waals surface area contributed by atoms with Crippen LogP contribution in [0.1, 0.15) is 30.4 Å². The average molecular weight is 423 g/mol. The summed E-state index contributed by atoms with van der Waals surface area (Å²) in [7, 11) is -6.91. The quantitative estimate of drug-likeness (QED) is 0.498. The van der Waals surface area contributed by atoms with E-state index in [-0.39, 0.29) is 10.9 Å². The maximum absolute atomic E-state index is 12.6. The smallest absolute Gasteiger partial charge is 0.211 e. The third-order valence-electron chi connectivity index (χ3n) is 4.88. The molecule has 28 heavy (non-hydrogen) atoms. The fraction of sp³-hybridized carbons (Fsp3) is 0.400. The van der Waals surface area contributed by atoms with E-state index in [9.17, 15) is 16.8 Å². The Kier molecular flexibility index (Phi) is 6.24. The van der Waals surface area contributed by atoms with Crippen molar-refractivity contribution in [3.05, 3.63) is 59.7 Å². The molecule has 2 aromatic rings. The van der Waals surface area contributed by atoms with Crippen LogP contribution in [0.25, 0.3) is 0 Å². The van der Waals surface area contributed by atoms with Crippen LogP contribution in [-0.2, 0) is 20.0 Å². The SMILES string of the molecule is Cc1ccc(S(=O)(=O)NCCCCC2CN2S(=O)(=O)c2ccc(C)cc2)cc1. The monoisotopic (exact) mass is 422 g/mol. The van der Waals surface area contributed by atoms with Gasteiger partial charge in [-0.25, -0.2) is 21.6 Å². The highest BCUT2D eigenvalue weighted by atomic mass is 32.2. The first-order valence-electron chi connectivity index (χ1n) is 9.35. The van der Waals surface area contributed by atoms with Crippen LogP contribution in [0.4, 0.5) is 0 Å². The molecule has 0 spiro atoms. The second-order valence-electron chi connectivity index (χ2n) is 7.25. The predicted molar refractivity (Wildman–Crippen MR) is 109 cm³/mol. The minimum atomic E-state index is -3.49. The van der Waals surface area contributed by atoms with Crippen molar-refractivity contribution in [2.24, 2.45) is 0 Å². The number of hydrogen-bond donors (Lipinski definition) is 1. The molecule has 1 aliphatic rings. The Morgan fingerprint density at radius 3 is 1.96 bits per heavy atom. The molecule has 1 fully saturated rings. The minimum Gasteiger partial charge on any atom is -0.211 e. The van der Waals surface area contributed by atoms with Gasteiger partial charge >= 0.3 is 0 Å². The summed E-state index contributed by atoms with van der Waals surface area (Å²) >= 11 is 0. The maximum atomic E-state index is 12.6. The van der Waals surface area contributed by atoms with Crippen LogP contribution >= 0.6 is 0 Å². The third-order valence-corrected chi connectivity index (χ3v) is 8.29. The molecule has 0 bridgehead atoms. The molecule has 1 N–H and O–H groups in total. The van der Waals surface area contributed by atoms with Gasteiger partial charge in [0, 0.05) is 19.1 Å². The van der Waals surface area contributed by atoms with Gasteiger partial charge in [-0.2, -0.15) is 4.31 Å². The molecular weight excluding hydrogens is 396 g/mol. The van der Waals surface area contributed by atoms with Crippen LogP contribution < -0.4 is 4.72 Å². The molecule has 1 saturated heterocycles. The zero-order chi connectivity index (χ0) is 20.4. The molecule has 3 rings (SSSR count). The van der Waals surface area contributed by atoms with Crippen molar-refractivity contribution >= 4 is 20.0 Å². The zero-order valence-corrected chi connectivity index (χ0v) is 17.8. The Balaban J connectivity index is 1.42. The van der Waals surface area contributed by atoms with E-state index >= 15 is 0 Å². The van der Waals surface area contributed by atoms with Crippen molar-refractivity contribution in [3.63, 3.8) is 0 Å². The van der Waals surface area contributed by atoms with E-state index in [2.05, 4.69) is 4.72 Å². The van der Waals surface area contributed by atoms with Crippen molar-refractivity contribution < 1.29 is 16.8 Å². The largest absolute Gasteiger partial charge is 0.243 e. The number of aryl methyl sites for hydroxylation is 2.